The molecule has 0 amide bonds. The molecule has 0 spiro atoms. The van der Waals surface area contributed by atoms with E-state index in [2.05, 4.69) is 24.0 Å². The van der Waals surface area contributed by atoms with Crippen molar-refractivity contribution in [3.63, 3.8) is 0 Å². The second-order valence-electron chi connectivity index (χ2n) is 5.34. The number of hydrogen-bond acceptors (Lipinski definition) is 5. The molecule has 0 fully saturated rings. The fourth-order valence-corrected chi connectivity index (χ4v) is 2.57. The Labute approximate surface area is 125 Å². The monoisotopic (exact) mass is 289 g/mol. The largest absolute Gasteiger partial charge is 0.399 e. The maximum atomic E-state index is 5.92. The number of rotatable bonds is 5. The van der Waals surface area contributed by atoms with Gasteiger partial charge in [-0.05, 0) is 49.9 Å². The average Bonchev–Trinajstić information content (AvgIpc) is 2.95. The summed E-state index contributed by atoms with van der Waals surface area (Å²) >= 11 is 0. The van der Waals surface area contributed by atoms with Gasteiger partial charge in [-0.15, -0.1) is 0 Å². The summed E-state index contributed by atoms with van der Waals surface area (Å²) in [5.74, 6) is 1.07. The van der Waals surface area contributed by atoms with Crippen molar-refractivity contribution in [2.24, 2.45) is 0 Å². The minimum Gasteiger partial charge on any atom is -0.399 e. The molecule has 0 saturated carbocycles. The second kappa shape index (κ2) is 5.85. The molecule has 0 aliphatic rings. The van der Waals surface area contributed by atoms with E-state index in [4.69, 9.17) is 15.0 Å². The molecule has 5 heteroatoms. The lowest BCUT2D eigenvalue weighted by Crippen LogP contribution is -2.28. The molecule has 2 N–H and O–H groups in total. The Morgan fingerprint density at radius 3 is 2.48 bits per heavy atom. The Bertz CT molecular complexity index is 622. The Balaban J connectivity index is 2.50. The van der Waals surface area contributed by atoms with Crippen LogP contribution in [0.15, 0.2) is 16.7 Å². The van der Waals surface area contributed by atoms with Crippen LogP contribution in [0.1, 0.15) is 43.6 Å². The minimum atomic E-state index is -0.495. The van der Waals surface area contributed by atoms with Crippen LogP contribution in [0.2, 0.25) is 0 Å². The van der Waals surface area contributed by atoms with Gasteiger partial charge in [0.15, 0.2) is 0 Å². The van der Waals surface area contributed by atoms with Crippen LogP contribution in [0.5, 0.6) is 0 Å². The van der Waals surface area contributed by atoms with Crippen LogP contribution in [0.25, 0.3) is 11.5 Å². The van der Waals surface area contributed by atoms with Crippen molar-refractivity contribution in [1.82, 2.24) is 10.1 Å². The van der Waals surface area contributed by atoms with Crippen molar-refractivity contribution < 1.29 is 9.26 Å². The van der Waals surface area contributed by atoms with E-state index < -0.39 is 5.60 Å². The van der Waals surface area contributed by atoms with Crippen molar-refractivity contribution in [2.75, 3.05) is 12.8 Å². The van der Waals surface area contributed by atoms with E-state index in [1.165, 1.54) is 0 Å². The molecule has 0 bridgehead atoms. The molecule has 5 nitrogen and oxygen atoms in total. The van der Waals surface area contributed by atoms with Gasteiger partial charge in [0.05, 0.1) is 0 Å². The average molecular weight is 289 g/mol. The van der Waals surface area contributed by atoms with Crippen LogP contribution in [-0.2, 0) is 10.3 Å². The molecule has 1 aromatic carbocycles. The predicted octanol–water partition coefficient (Wildman–Crippen LogP) is 3.60. The highest BCUT2D eigenvalue weighted by atomic mass is 16.5. The van der Waals surface area contributed by atoms with E-state index in [-0.39, 0.29) is 0 Å². The number of nitrogens with zero attached hydrogens (tertiary/aromatic N) is 2. The predicted molar refractivity (Wildman–Crippen MR) is 82.9 cm³/mol. The number of methoxy groups -OCH3 is 1. The van der Waals surface area contributed by atoms with E-state index in [0.717, 1.165) is 29.5 Å². The molecule has 0 atom stereocenters. The molecular weight excluding hydrogens is 266 g/mol. The molecule has 0 aliphatic carbocycles. The first kappa shape index (κ1) is 15.5. The number of nitrogen functional groups attached to an aromatic ring is 1. The van der Waals surface area contributed by atoms with E-state index >= 15 is 0 Å². The Kier molecular flexibility index (Phi) is 4.32. The van der Waals surface area contributed by atoms with Gasteiger partial charge in [-0.2, -0.15) is 4.98 Å². The van der Waals surface area contributed by atoms with Crippen molar-refractivity contribution in [3.05, 3.63) is 29.1 Å². The molecular formula is C16H23N3O2. The smallest absolute Gasteiger partial charge is 0.258 e. The molecule has 1 heterocycles. The van der Waals surface area contributed by atoms with Gasteiger partial charge in [0.25, 0.3) is 5.89 Å². The number of aryl methyl sites for hydroxylation is 1. The van der Waals surface area contributed by atoms with E-state index in [0.29, 0.717) is 17.4 Å². The SMILES string of the molecule is CCC(CC)(OC)c1noc(-c2cc(N)cc(C)c2C)n1. The Morgan fingerprint density at radius 2 is 1.90 bits per heavy atom. The highest BCUT2D eigenvalue weighted by molar-refractivity contribution is 5.66. The molecule has 0 unspecified atom stereocenters. The molecule has 114 valence electrons. The summed E-state index contributed by atoms with van der Waals surface area (Å²) in [7, 11) is 1.68. The highest BCUT2D eigenvalue weighted by Crippen LogP contribution is 2.33. The van der Waals surface area contributed by atoms with E-state index in [9.17, 15) is 0 Å². The van der Waals surface area contributed by atoms with Gasteiger partial charge in [0.1, 0.15) is 5.60 Å². The number of hydrogen-bond donors (Lipinski definition) is 1. The maximum Gasteiger partial charge on any atom is 0.258 e. The molecule has 2 rings (SSSR count). The van der Waals surface area contributed by atoms with Crippen molar-refractivity contribution in [3.8, 4) is 11.5 Å². The Morgan fingerprint density at radius 1 is 1.24 bits per heavy atom. The zero-order chi connectivity index (χ0) is 15.6. The zero-order valence-corrected chi connectivity index (χ0v) is 13.4. The number of ether oxygens (including phenoxy) is 1. The molecule has 2 aromatic rings. The minimum absolute atomic E-state index is 0.487. The lowest BCUT2D eigenvalue weighted by molar-refractivity contribution is -0.0306. The maximum absolute atomic E-state index is 5.92. The summed E-state index contributed by atoms with van der Waals surface area (Å²) in [4.78, 5) is 4.55. The molecule has 21 heavy (non-hydrogen) atoms. The van der Waals surface area contributed by atoms with Gasteiger partial charge in [-0.1, -0.05) is 19.0 Å². The van der Waals surface area contributed by atoms with E-state index in [1.807, 2.05) is 26.0 Å². The highest BCUT2D eigenvalue weighted by Gasteiger charge is 2.34. The lowest BCUT2D eigenvalue weighted by Gasteiger charge is -2.25. The van der Waals surface area contributed by atoms with Crippen LogP contribution in [0, 0.1) is 13.8 Å². The third kappa shape index (κ3) is 2.65. The summed E-state index contributed by atoms with van der Waals surface area (Å²) in [6.45, 7) is 8.15. The van der Waals surface area contributed by atoms with Gasteiger partial charge in [-0.25, -0.2) is 0 Å². The number of aromatic nitrogens is 2. The summed E-state index contributed by atoms with van der Waals surface area (Å²) < 4.78 is 11.1. The third-order valence-corrected chi connectivity index (χ3v) is 4.29. The van der Waals surface area contributed by atoms with Gasteiger partial charge in [0, 0.05) is 18.4 Å². The summed E-state index contributed by atoms with van der Waals surface area (Å²) in [6, 6.07) is 3.81. The van der Waals surface area contributed by atoms with Gasteiger partial charge in [-0.3, -0.25) is 0 Å². The summed E-state index contributed by atoms with van der Waals surface area (Å²) in [5, 5.41) is 4.13. The molecule has 1 aromatic heterocycles. The quantitative estimate of drug-likeness (QED) is 0.851. The number of anilines is 1. The van der Waals surface area contributed by atoms with Gasteiger partial charge < -0.3 is 15.0 Å². The summed E-state index contributed by atoms with van der Waals surface area (Å²) in [5.41, 5.74) is 9.20. The topological polar surface area (TPSA) is 74.2 Å². The van der Waals surface area contributed by atoms with Crippen LogP contribution >= 0.6 is 0 Å². The fraction of sp³-hybridized carbons (Fsp3) is 0.500. The first-order chi connectivity index (χ1) is 9.97. The standard InChI is InChI=1S/C16H23N3O2/c1-6-16(7-2,20-5)15-18-14(21-19-15)13-9-12(17)8-10(3)11(13)4/h8-9H,6-7,17H2,1-5H3. The number of benzene rings is 1. The van der Waals surface area contributed by atoms with Crippen molar-refractivity contribution in [2.45, 2.75) is 46.1 Å². The molecule has 0 saturated heterocycles. The normalized spacial score (nSPS) is 11.9. The van der Waals surface area contributed by atoms with Crippen LogP contribution in [0.3, 0.4) is 0 Å². The first-order valence-electron chi connectivity index (χ1n) is 7.23. The third-order valence-electron chi connectivity index (χ3n) is 4.29. The van der Waals surface area contributed by atoms with Crippen LogP contribution < -0.4 is 5.73 Å². The zero-order valence-electron chi connectivity index (χ0n) is 13.4. The van der Waals surface area contributed by atoms with E-state index in [1.54, 1.807) is 7.11 Å². The second-order valence-corrected chi connectivity index (χ2v) is 5.34. The number of nitrogens with two attached hydrogens (primary N) is 1. The first-order valence-corrected chi connectivity index (χ1v) is 7.23. The molecule has 0 radical (unpaired) electrons. The van der Waals surface area contributed by atoms with Crippen LogP contribution in [0.4, 0.5) is 5.69 Å². The van der Waals surface area contributed by atoms with Crippen LogP contribution in [-0.4, -0.2) is 17.3 Å². The summed E-state index contributed by atoms with van der Waals surface area (Å²) in [6.07, 6.45) is 1.57. The fourth-order valence-electron chi connectivity index (χ4n) is 2.57. The Hall–Kier alpha value is -1.88. The van der Waals surface area contributed by atoms with Crippen molar-refractivity contribution >= 4 is 5.69 Å². The lowest BCUT2D eigenvalue weighted by atomic mass is 9.96. The van der Waals surface area contributed by atoms with Gasteiger partial charge in [0.2, 0.25) is 5.82 Å². The van der Waals surface area contributed by atoms with Gasteiger partial charge >= 0.3 is 0 Å². The van der Waals surface area contributed by atoms with Crippen molar-refractivity contribution in [1.29, 1.82) is 0 Å². The molecule has 0 aliphatic heterocycles.